The fourth-order valence-corrected chi connectivity index (χ4v) is 5.64. The lowest BCUT2D eigenvalue weighted by Gasteiger charge is -2.41. The number of piperidine rings is 1. The average molecular weight is 579 g/mol. The van der Waals surface area contributed by atoms with Gasteiger partial charge in [-0.25, -0.2) is 16.8 Å². The highest BCUT2D eigenvalue weighted by atomic mass is 32.3. The Hall–Kier alpha value is -0.880. The number of sulfonamides is 2. The standard InChI is InChI=1S/C13H28N.C4F10NO4S2/c1-3-5-6-8-11-14(4-2)12-9-7-10-13-14;5-1(6,7)3(11,12)20(16,17)15-21(18,19)4(13,14)2(8,9)10/h3-13H2,1-2H3;/q+1;-1. The number of quaternary nitrogens is 1. The molecule has 35 heavy (non-hydrogen) atoms. The molecule has 1 heterocycles. The molecule has 0 radical (unpaired) electrons. The Morgan fingerprint density at radius 3 is 1.37 bits per heavy atom. The minimum absolute atomic E-state index is 0.422. The SMILES string of the molecule is CCCCCC[N+]1(CC)CCCCC1.O=S(=O)([N-]S(=O)(=O)C(F)(F)C(F)(F)F)C(F)(F)C(F)(F)F. The van der Waals surface area contributed by atoms with Gasteiger partial charge in [0.1, 0.15) is 0 Å². The molecule has 0 aromatic carbocycles. The van der Waals surface area contributed by atoms with Gasteiger partial charge in [-0.2, -0.15) is 43.9 Å². The highest BCUT2D eigenvalue weighted by molar-refractivity contribution is 8.13. The van der Waals surface area contributed by atoms with E-state index in [0.717, 1.165) is 0 Å². The third kappa shape index (κ3) is 8.59. The molecular weight excluding hydrogens is 550 g/mol. The van der Waals surface area contributed by atoms with Gasteiger partial charge in [0.05, 0.1) is 26.2 Å². The molecule has 6 nitrogen and oxygen atoms in total. The van der Waals surface area contributed by atoms with Crippen LogP contribution in [0.3, 0.4) is 0 Å². The molecule has 0 aliphatic carbocycles. The van der Waals surface area contributed by atoms with Crippen LogP contribution in [-0.2, 0) is 20.0 Å². The first-order valence-corrected chi connectivity index (χ1v) is 13.4. The molecule has 1 fully saturated rings. The molecule has 0 amide bonds. The maximum Gasteiger partial charge on any atom is 0.467 e. The number of rotatable bonds is 10. The van der Waals surface area contributed by atoms with Crippen molar-refractivity contribution in [1.29, 1.82) is 0 Å². The number of alkyl halides is 10. The number of hydrogen-bond donors (Lipinski definition) is 0. The van der Waals surface area contributed by atoms with Crippen LogP contribution < -0.4 is 0 Å². The Balaban J connectivity index is 0.000000712. The van der Waals surface area contributed by atoms with Gasteiger partial charge in [0.25, 0.3) is 0 Å². The van der Waals surface area contributed by atoms with E-state index >= 15 is 0 Å². The Labute approximate surface area is 197 Å². The summed E-state index contributed by atoms with van der Waals surface area (Å²) in [5.41, 5.74) is 0. The van der Waals surface area contributed by atoms with Gasteiger partial charge in [0, 0.05) is 0 Å². The van der Waals surface area contributed by atoms with Crippen molar-refractivity contribution in [2.75, 3.05) is 26.2 Å². The largest absolute Gasteiger partial charge is 0.467 e. The maximum atomic E-state index is 12.3. The highest BCUT2D eigenvalue weighted by Gasteiger charge is 2.68. The van der Waals surface area contributed by atoms with Gasteiger partial charge in [-0.15, -0.1) is 0 Å². The summed E-state index contributed by atoms with van der Waals surface area (Å²) in [4.78, 5) is 0. The summed E-state index contributed by atoms with van der Waals surface area (Å²) in [5.74, 6) is 0. The highest BCUT2D eigenvalue weighted by Crippen LogP contribution is 2.47. The molecule has 0 bridgehead atoms. The van der Waals surface area contributed by atoms with Gasteiger partial charge in [-0.1, -0.05) is 19.8 Å². The monoisotopic (exact) mass is 578 g/mol. The molecule has 1 aliphatic heterocycles. The van der Waals surface area contributed by atoms with Crippen molar-refractivity contribution in [2.45, 2.75) is 81.7 Å². The summed E-state index contributed by atoms with van der Waals surface area (Å²) < 4.78 is 162. The van der Waals surface area contributed by atoms with E-state index in [4.69, 9.17) is 0 Å². The van der Waals surface area contributed by atoms with Crippen LogP contribution in [0.1, 0.15) is 58.8 Å². The zero-order chi connectivity index (χ0) is 28.0. The van der Waals surface area contributed by atoms with E-state index in [1.807, 2.05) is 0 Å². The van der Waals surface area contributed by atoms with Gasteiger partial charge >= 0.3 is 22.9 Å². The van der Waals surface area contributed by atoms with Crippen LogP contribution in [0, 0.1) is 0 Å². The van der Waals surface area contributed by atoms with Crippen LogP contribution in [0.25, 0.3) is 4.13 Å². The second-order valence-electron chi connectivity index (χ2n) is 8.00. The molecule has 212 valence electrons. The first-order chi connectivity index (χ1) is 15.5. The van der Waals surface area contributed by atoms with E-state index in [1.54, 1.807) is 0 Å². The molecule has 0 saturated carbocycles. The number of likely N-dealkylation sites (tertiary alicyclic amines) is 1. The van der Waals surface area contributed by atoms with E-state index in [-0.39, 0.29) is 0 Å². The number of halogens is 10. The van der Waals surface area contributed by atoms with Crippen molar-refractivity contribution in [3.63, 3.8) is 0 Å². The van der Waals surface area contributed by atoms with Crippen molar-refractivity contribution >= 4 is 20.0 Å². The minimum Gasteiger partial charge on any atom is -0.425 e. The van der Waals surface area contributed by atoms with Crippen molar-refractivity contribution in [1.82, 2.24) is 0 Å². The smallest absolute Gasteiger partial charge is 0.425 e. The molecule has 1 rings (SSSR count). The second kappa shape index (κ2) is 12.1. The summed E-state index contributed by atoms with van der Waals surface area (Å²) in [5, 5.41) is -14.0. The third-order valence-electron chi connectivity index (χ3n) is 5.43. The van der Waals surface area contributed by atoms with Crippen LogP contribution in [-0.4, -0.2) is 70.4 Å². The average Bonchev–Trinajstić information content (AvgIpc) is 2.70. The van der Waals surface area contributed by atoms with E-state index in [2.05, 4.69) is 13.8 Å². The van der Waals surface area contributed by atoms with Crippen molar-refractivity contribution < 1.29 is 65.2 Å². The maximum absolute atomic E-state index is 12.3. The van der Waals surface area contributed by atoms with Gasteiger partial charge < -0.3 is 8.61 Å². The van der Waals surface area contributed by atoms with Gasteiger partial charge in [0.2, 0.25) is 0 Å². The van der Waals surface area contributed by atoms with Crippen LogP contribution in [0.5, 0.6) is 0 Å². The Kier molecular flexibility index (Phi) is 11.8. The first-order valence-electron chi connectivity index (χ1n) is 10.5. The fraction of sp³-hybridized carbons (Fsp3) is 1.00. The first kappa shape index (κ1) is 34.1. The molecule has 0 N–H and O–H groups in total. The zero-order valence-electron chi connectivity index (χ0n) is 18.9. The molecule has 0 atom stereocenters. The lowest BCUT2D eigenvalue weighted by molar-refractivity contribution is -0.931. The van der Waals surface area contributed by atoms with Gasteiger partial charge in [-0.05, 0) is 39.0 Å². The lowest BCUT2D eigenvalue weighted by atomic mass is 10.1. The van der Waals surface area contributed by atoms with Gasteiger partial charge in [-0.3, -0.25) is 0 Å². The minimum atomic E-state index is -7.62. The van der Waals surface area contributed by atoms with Crippen LogP contribution in [0.4, 0.5) is 43.9 Å². The van der Waals surface area contributed by atoms with E-state index < -0.39 is 42.9 Å². The molecule has 0 aromatic rings. The normalized spacial score (nSPS) is 18.1. The summed E-state index contributed by atoms with van der Waals surface area (Å²) >= 11 is 0. The molecule has 1 aliphatic rings. The molecule has 18 heteroatoms. The van der Waals surface area contributed by atoms with E-state index in [9.17, 15) is 60.7 Å². The zero-order valence-corrected chi connectivity index (χ0v) is 20.5. The summed E-state index contributed by atoms with van der Waals surface area (Å²) in [6.07, 6.45) is -3.86. The van der Waals surface area contributed by atoms with Crippen molar-refractivity contribution in [2.24, 2.45) is 0 Å². The molecular formula is C17H28F10N2O4S2. The van der Waals surface area contributed by atoms with Crippen LogP contribution in [0.15, 0.2) is 0 Å². The topological polar surface area (TPSA) is 82.4 Å². The number of unbranched alkanes of at least 4 members (excludes halogenated alkanes) is 3. The Bertz CT molecular complexity index is 812. The van der Waals surface area contributed by atoms with E-state index in [1.165, 1.54) is 75.6 Å². The van der Waals surface area contributed by atoms with E-state index in [0.29, 0.717) is 4.13 Å². The Morgan fingerprint density at radius 1 is 0.657 bits per heavy atom. The van der Waals surface area contributed by atoms with Crippen LogP contribution in [0.2, 0.25) is 0 Å². The van der Waals surface area contributed by atoms with Gasteiger partial charge in [0.15, 0.2) is 20.0 Å². The molecule has 0 aromatic heterocycles. The Morgan fingerprint density at radius 2 is 1.06 bits per heavy atom. The summed E-state index contributed by atoms with van der Waals surface area (Å²) in [6.45, 7) is 10.4. The molecule has 0 spiro atoms. The quantitative estimate of drug-likeness (QED) is 0.183. The predicted molar refractivity (Wildman–Crippen MR) is 107 cm³/mol. The summed E-state index contributed by atoms with van der Waals surface area (Å²) in [6, 6.07) is 0. The predicted octanol–water partition coefficient (Wildman–Crippen LogP) is 5.92. The summed E-state index contributed by atoms with van der Waals surface area (Å²) in [7, 11) is -15.2. The van der Waals surface area contributed by atoms with Crippen molar-refractivity contribution in [3.05, 3.63) is 4.13 Å². The molecule has 0 unspecified atom stereocenters. The lowest BCUT2D eigenvalue weighted by Crippen LogP contribution is -2.51. The van der Waals surface area contributed by atoms with Crippen LogP contribution >= 0.6 is 0 Å². The number of hydrogen-bond acceptors (Lipinski definition) is 4. The number of nitrogens with zero attached hydrogens (tertiary/aromatic N) is 2. The fourth-order valence-electron chi connectivity index (χ4n) is 3.27. The second-order valence-corrected chi connectivity index (χ2v) is 11.5. The molecule has 1 saturated heterocycles. The third-order valence-corrected chi connectivity index (χ3v) is 8.75. The van der Waals surface area contributed by atoms with Crippen molar-refractivity contribution in [3.8, 4) is 0 Å².